The molecule has 0 fully saturated rings. The highest BCUT2D eigenvalue weighted by atomic mass is 36.0. The van der Waals surface area contributed by atoms with E-state index in [1.54, 1.807) is 32.4 Å². The lowest BCUT2D eigenvalue weighted by atomic mass is 10.2. The number of ether oxygens (including phenoxy) is 2. The first-order valence-electron chi connectivity index (χ1n) is 16.4. The summed E-state index contributed by atoms with van der Waals surface area (Å²) in [5.41, 5.74) is 4.13. The highest BCUT2D eigenvalue weighted by Gasteiger charge is 2.11. The van der Waals surface area contributed by atoms with Gasteiger partial charge in [-0.05, 0) is 129 Å². The van der Waals surface area contributed by atoms with Gasteiger partial charge in [0, 0.05) is 36.2 Å². The normalized spacial score (nSPS) is 10.2. The molecular weight excluding hydrogens is 835 g/mol. The summed E-state index contributed by atoms with van der Waals surface area (Å²) in [6.07, 6.45) is 0. The molecule has 0 atom stereocenters. The average molecular weight is 870 g/mol. The number of nitrogens with one attached hydrogen (secondary N) is 2. The third kappa shape index (κ3) is 14.1. The quantitative estimate of drug-likeness (QED) is 0.156. The smallest absolute Gasteiger partial charge is 0.339 e. The summed E-state index contributed by atoms with van der Waals surface area (Å²) in [6.45, 7) is 0. The van der Waals surface area contributed by atoms with Gasteiger partial charge in [-0.25, -0.2) is 5.10 Å². The molecule has 0 saturated carbocycles. The van der Waals surface area contributed by atoms with E-state index in [-0.39, 0.29) is 5.56 Å². The molecule has 0 aliphatic carbocycles. The maximum atomic E-state index is 11.0. The van der Waals surface area contributed by atoms with Gasteiger partial charge in [0.25, 0.3) is 5.56 Å². The van der Waals surface area contributed by atoms with E-state index < -0.39 is 5.20 Å². The van der Waals surface area contributed by atoms with Crippen molar-refractivity contribution in [1.29, 1.82) is 0 Å². The van der Waals surface area contributed by atoms with Crippen molar-refractivity contribution in [2.24, 2.45) is 0 Å². The van der Waals surface area contributed by atoms with Crippen LogP contribution in [0.5, 0.6) is 11.5 Å². The zero-order valence-corrected chi connectivity index (χ0v) is 34.6. The van der Waals surface area contributed by atoms with E-state index in [2.05, 4.69) is 85.3 Å². The lowest BCUT2D eigenvalue weighted by Gasteiger charge is -2.19. The molecular formula is C37H34Cl4N11O4P. The molecule has 5 aromatic carbocycles. The predicted octanol–water partition coefficient (Wildman–Crippen LogP) is 9.35. The molecule has 0 saturated heterocycles. The molecule has 2 N–H and O–H groups in total. The average Bonchev–Trinajstić information content (AvgIpc) is 3.24. The minimum atomic E-state index is -3.22. The molecule has 0 amide bonds. The van der Waals surface area contributed by atoms with Crippen molar-refractivity contribution in [1.82, 2.24) is 46.2 Å². The van der Waals surface area contributed by atoms with Crippen LogP contribution in [0.3, 0.4) is 0 Å². The van der Waals surface area contributed by atoms with Crippen molar-refractivity contribution in [2.45, 2.75) is 0 Å². The molecule has 294 valence electrons. The second kappa shape index (κ2) is 22.1. The Morgan fingerprint density at radius 2 is 1.09 bits per heavy atom. The first-order chi connectivity index (χ1) is 27.4. The monoisotopic (exact) mass is 867 g/mol. The van der Waals surface area contributed by atoms with E-state index in [1.807, 2.05) is 122 Å². The van der Waals surface area contributed by atoms with E-state index in [0.29, 0.717) is 16.1 Å². The van der Waals surface area contributed by atoms with Gasteiger partial charge in [0.1, 0.15) is 17.0 Å². The van der Waals surface area contributed by atoms with Gasteiger partial charge in [-0.1, -0.05) is 53.2 Å². The third-order valence-electron chi connectivity index (χ3n) is 7.46. The van der Waals surface area contributed by atoms with Crippen molar-refractivity contribution < 1.29 is 14.0 Å². The van der Waals surface area contributed by atoms with E-state index in [4.69, 9.17) is 21.1 Å². The summed E-state index contributed by atoms with van der Waals surface area (Å²) < 4.78 is 19.7. The van der Waals surface area contributed by atoms with Crippen LogP contribution in [0.15, 0.2) is 126 Å². The van der Waals surface area contributed by atoms with Crippen molar-refractivity contribution in [3.8, 4) is 11.5 Å². The summed E-state index contributed by atoms with van der Waals surface area (Å²) in [4.78, 5) is 13.0. The highest BCUT2D eigenvalue weighted by molar-refractivity contribution is 8.24. The number of fused-ring (bicyclic) bond motifs is 3. The number of anilines is 3. The zero-order chi connectivity index (χ0) is 41.2. The van der Waals surface area contributed by atoms with Gasteiger partial charge in [-0.15, -0.1) is 25.5 Å². The van der Waals surface area contributed by atoms with Gasteiger partial charge in [-0.3, -0.25) is 9.36 Å². The Labute approximate surface area is 346 Å². The summed E-state index contributed by atoms with van der Waals surface area (Å²) in [5.74, 6) is 2.49. The molecule has 0 spiro atoms. The number of H-pyrrole nitrogens is 1. The molecule has 0 bridgehead atoms. The van der Waals surface area contributed by atoms with Gasteiger partial charge in [-0.2, -0.15) is 0 Å². The number of benzene rings is 5. The molecule has 0 radical (unpaired) electrons. The topological polar surface area (TPSA) is 187 Å². The minimum Gasteiger partial charge on any atom is -0.497 e. The standard InChI is InChI=1S/C15H14N4O.C8H11NO.C7H4ClN3.C7H5N3O.Cl3OP/c1-19(11-7-9-12(20-2)10-8-11)15-13-5-3-4-6-14(13)16-18-17-15;1-9-7-3-5-8(10-2)6-4-7;8-7-5-3-1-2-4-6(5)9-11-10-7;11-7-5-3-1-2-4-6(5)8-10-9-7;1-5(2,3)4/h3-10H,1-2H3;3-6,9H,1-2H3;1-4H;1-4H,(H,8,9,11);. The Hall–Kier alpha value is -5.70. The van der Waals surface area contributed by atoms with Crippen LogP contribution in [0, 0.1) is 0 Å². The number of methoxy groups -OCH3 is 2. The molecule has 15 nitrogen and oxygen atoms in total. The number of rotatable bonds is 5. The largest absolute Gasteiger partial charge is 0.497 e. The van der Waals surface area contributed by atoms with Gasteiger partial charge in [0.05, 0.1) is 30.6 Å². The van der Waals surface area contributed by atoms with Crippen molar-refractivity contribution in [3.05, 3.63) is 137 Å². The Kier molecular flexibility index (Phi) is 17.1. The highest BCUT2D eigenvalue weighted by Crippen LogP contribution is 2.61. The van der Waals surface area contributed by atoms with Crippen LogP contribution in [0.25, 0.3) is 32.7 Å². The van der Waals surface area contributed by atoms with Gasteiger partial charge in [0.15, 0.2) is 11.0 Å². The Bertz CT molecular complexity index is 2540. The number of nitrogens with zero attached hydrogens (tertiary/aromatic N) is 9. The third-order valence-corrected chi connectivity index (χ3v) is 7.74. The summed E-state index contributed by atoms with van der Waals surface area (Å²) in [7, 11) is 7.16. The molecule has 8 rings (SSSR count). The Balaban J connectivity index is 0.000000169. The molecule has 0 aliphatic heterocycles. The van der Waals surface area contributed by atoms with E-state index in [9.17, 15) is 9.36 Å². The molecule has 57 heavy (non-hydrogen) atoms. The van der Waals surface area contributed by atoms with E-state index in [0.717, 1.165) is 50.5 Å². The van der Waals surface area contributed by atoms with Crippen LogP contribution in [0.2, 0.25) is 5.15 Å². The number of aromatic amines is 1. The maximum absolute atomic E-state index is 11.0. The molecule has 3 aromatic heterocycles. The van der Waals surface area contributed by atoms with Gasteiger partial charge in [0.2, 0.25) is 0 Å². The Morgan fingerprint density at radius 3 is 1.60 bits per heavy atom. The fourth-order valence-electron chi connectivity index (χ4n) is 4.69. The fourth-order valence-corrected chi connectivity index (χ4v) is 4.88. The second-order valence-electron chi connectivity index (χ2n) is 11.0. The fraction of sp³-hybridized carbons (Fsp3) is 0.108. The van der Waals surface area contributed by atoms with Crippen LogP contribution in [-0.4, -0.2) is 74.5 Å². The maximum Gasteiger partial charge on any atom is 0.339 e. The van der Waals surface area contributed by atoms with Crippen molar-refractivity contribution in [2.75, 3.05) is 38.5 Å². The first-order valence-corrected chi connectivity index (χ1v) is 21.2. The second-order valence-corrected chi connectivity index (χ2v) is 18.0. The van der Waals surface area contributed by atoms with Gasteiger partial charge >= 0.3 is 5.20 Å². The summed E-state index contributed by atoms with van der Waals surface area (Å²) in [5, 5.41) is 34.9. The van der Waals surface area contributed by atoms with Crippen molar-refractivity contribution >= 4 is 100 Å². The predicted molar refractivity (Wildman–Crippen MR) is 229 cm³/mol. The summed E-state index contributed by atoms with van der Waals surface area (Å²) in [6, 6.07) is 38.0. The number of aromatic nitrogens is 9. The van der Waals surface area contributed by atoms with Crippen LogP contribution >= 0.6 is 50.5 Å². The molecule has 3 heterocycles. The lowest BCUT2D eigenvalue weighted by Crippen LogP contribution is -2.12. The number of halogens is 4. The zero-order valence-electron chi connectivity index (χ0n) is 30.7. The van der Waals surface area contributed by atoms with Crippen LogP contribution in [-0.2, 0) is 4.57 Å². The summed E-state index contributed by atoms with van der Waals surface area (Å²) >= 11 is 19.6. The van der Waals surface area contributed by atoms with Crippen molar-refractivity contribution in [3.63, 3.8) is 0 Å². The molecule has 20 heteroatoms. The number of hydrogen-bond donors (Lipinski definition) is 2. The van der Waals surface area contributed by atoms with E-state index in [1.165, 1.54) is 0 Å². The van der Waals surface area contributed by atoms with Gasteiger partial charge < -0.3 is 19.7 Å². The van der Waals surface area contributed by atoms with Crippen LogP contribution < -0.4 is 25.2 Å². The SMILES string of the molecule is CNc1ccc(OC)cc1.COc1ccc(N(C)c2nnnc3ccccc23)cc1.Clc1nnnc2ccccc12.O=P(Cl)(Cl)Cl.O=c1[nH]nnc2ccccc12. The molecule has 8 aromatic rings. The number of hydrogen-bond acceptors (Lipinski definition) is 14. The van der Waals surface area contributed by atoms with Crippen LogP contribution in [0.4, 0.5) is 17.2 Å². The van der Waals surface area contributed by atoms with Crippen LogP contribution in [0.1, 0.15) is 0 Å². The Morgan fingerprint density at radius 1 is 0.632 bits per heavy atom. The molecule has 0 aliphatic rings. The minimum absolute atomic E-state index is 0.199. The first kappa shape index (κ1) is 44.0. The van der Waals surface area contributed by atoms with E-state index >= 15 is 0 Å². The lowest BCUT2D eigenvalue weighted by molar-refractivity contribution is 0.414. The molecule has 0 unspecified atom stereocenters.